The number of halogens is 1. The normalized spacial score (nSPS) is 18.4. The Balaban J connectivity index is 1.72. The lowest BCUT2D eigenvalue weighted by Gasteiger charge is -2.23. The van der Waals surface area contributed by atoms with E-state index >= 15 is 0 Å². The van der Waals surface area contributed by atoms with Gasteiger partial charge in [-0.2, -0.15) is 0 Å². The molecule has 1 atom stereocenters. The molecule has 106 valence electrons. The van der Waals surface area contributed by atoms with Gasteiger partial charge in [-0.25, -0.2) is 9.37 Å². The van der Waals surface area contributed by atoms with Gasteiger partial charge in [-0.3, -0.25) is 4.90 Å². The minimum atomic E-state index is -0.181. The van der Waals surface area contributed by atoms with Crippen molar-refractivity contribution < 1.29 is 4.39 Å². The van der Waals surface area contributed by atoms with Crippen molar-refractivity contribution >= 4 is 11.3 Å². The average molecular weight is 291 g/mol. The Morgan fingerprint density at radius 2 is 2.35 bits per heavy atom. The summed E-state index contributed by atoms with van der Waals surface area (Å²) in [5, 5.41) is 3.23. The highest BCUT2D eigenvalue weighted by Gasteiger charge is 2.29. The third kappa shape index (κ3) is 2.61. The van der Waals surface area contributed by atoms with Crippen molar-refractivity contribution in [3.8, 4) is 0 Å². The lowest BCUT2D eigenvalue weighted by molar-refractivity contribution is 0.222. The largest absolute Gasteiger partial charge is 0.329 e. The Labute approximate surface area is 122 Å². The molecule has 0 amide bonds. The van der Waals surface area contributed by atoms with Crippen LogP contribution in [0.5, 0.6) is 0 Å². The van der Waals surface area contributed by atoms with Gasteiger partial charge in [0.25, 0.3) is 0 Å². The van der Waals surface area contributed by atoms with Gasteiger partial charge in [-0.05, 0) is 30.2 Å². The maximum Gasteiger partial charge on any atom is 0.123 e. The highest BCUT2D eigenvalue weighted by Crippen LogP contribution is 2.33. The third-order valence-corrected chi connectivity index (χ3v) is 4.81. The van der Waals surface area contributed by atoms with E-state index in [1.807, 2.05) is 13.0 Å². The molecule has 0 aliphatic carbocycles. The number of rotatable bonds is 4. The van der Waals surface area contributed by atoms with Crippen LogP contribution >= 0.6 is 11.3 Å². The van der Waals surface area contributed by atoms with Gasteiger partial charge < -0.3 is 5.73 Å². The molecule has 1 unspecified atom stereocenters. The van der Waals surface area contributed by atoms with Crippen molar-refractivity contribution in [3.05, 3.63) is 51.2 Å². The van der Waals surface area contributed by atoms with Crippen LogP contribution in [-0.2, 0) is 13.0 Å². The zero-order chi connectivity index (χ0) is 14.1. The standard InChI is InChI=1S/C15H18FN3S/c1-10-9-20-15(18-10)4-5-19-8-11-2-3-12(16)6-13(11)14(19)7-17/h2-3,6,9,14H,4-5,7-8,17H2,1H3. The van der Waals surface area contributed by atoms with E-state index in [1.54, 1.807) is 17.4 Å². The maximum absolute atomic E-state index is 13.4. The molecule has 0 fully saturated rings. The molecule has 3 nitrogen and oxygen atoms in total. The maximum atomic E-state index is 13.4. The van der Waals surface area contributed by atoms with E-state index in [0.717, 1.165) is 35.8 Å². The van der Waals surface area contributed by atoms with Crippen LogP contribution in [0.4, 0.5) is 4.39 Å². The third-order valence-electron chi connectivity index (χ3n) is 3.78. The van der Waals surface area contributed by atoms with Crippen molar-refractivity contribution in [2.24, 2.45) is 5.73 Å². The first-order chi connectivity index (χ1) is 9.67. The number of fused-ring (bicyclic) bond motifs is 1. The number of hydrogen-bond acceptors (Lipinski definition) is 4. The molecule has 0 bridgehead atoms. The molecule has 1 aliphatic rings. The lowest BCUT2D eigenvalue weighted by atomic mass is 10.0. The van der Waals surface area contributed by atoms with Crippen molar-refractivity contribution in [2.45, 2.75) is 25.9 Å². The van der Waals surface area contributed by atoms with Crippen LogP contribution in [0.15, 0.2) is 23.6 Å². The summed E-state index contributed by atoms with van der Waals surface area (Å²) in [6.45, 7) is 4.29. The molecule has 0 spiro atoms. The summed E-state index contributed by atoms with van der Waals surface area (Å²) in [5.41, 5.74) is 9.20. The summed E-state index contributed by atoms with van der Waals surface area (Å²) in [6, 6.07) is 5.16. The van der Waals surface area contributed by atoms with Crippen LogP contribution in [0, 0.1) is 12.7 Å². The number of thiazole rings is 1. The van der Waals surface area contributed by atoms with Gasteiger partial charge in [0.1, 0.15) is 5.82 Å². The number of benzene rings is 1. The SMILES string of the molecule is Cc1csc(CCN2Cc3ccc(F)cc3C2CN)n1. The monoisotopic (exact) mass is 291 g/mol. The molecule has 0 saturated carbocycles. The van der Waals surface area contributed by atoms with E-state index in [1.165, 1.54) is 11.6 Å². The van der Waals surface area contributed by atoms with Gasteiger partial charge in [0.15, 0.2) is 0 Å². The Morgan fingerprint density at radius 1 is 1.50 bits per heavy atom. The van der Waals surface area contributed by atoms with Crippen molar-refractivity contribution in [2.75, 3.05) is 13.1 Å². The number of nitrogens with two attached hydrogens (primary N) is 1. The van der Waals surface area contributed by atoms with Crippen LogP contribution in [0.25, 0.3) is 0 Å². The summed E-state index contributed by atoms with van der Waals surface area (Å²) in [7, 11) is 0. The van der Waals surface area contributed by atoms with E-state index in [2.05, 4.69) is 15.3 Å². The molecule has 0 saturated heterocycles. The van der Waals surface area contributed by atoms with Gasteiger partial charge in [0.05, 0.1) is 5.01 Å². The predicted molar refractivity (Wildman–Crippen MR) is 79.2 cm³/mol. The quantitative estimate of drug-likeness (QED) is 0.941. The van der Waals surface area contributed by atoms with Crippen LogP contribution < -0.4 is 5.73 Å². The molecule has 5 heteroatoms. The Kier molecular flexibility index (Phi) is 3.83. The van der Waals surface area contributed by atoms with E-state index in [4.69, 9.17) is 5.73 Å². The second-order valence-corrected chi connectivity index (χ2v) is 6.14. The first-order valence-electron chi connectivity index (χ1n) is 6.81. The Hall–Kier alpha value is -1.30. The van der Waals surface area contributed by atoms with E-state index in [0.29, 0.717) is 6.54 Å². The van der Waals surface area contributed by atoms with Crippen molar-refractivity contribution in [3.63, 3.8) is 0 Å². The second-order valence-electron chi connectivity index (χ2n) is 5.20. The fraction of sp³-hybridized carbons (Fsp3) is 0.400. The fourth-order valence-electron chi connectivity index (χ4n) is 2.81. The molecule has 1 aromatic carbocycles. The molecule has 1 aromatic heterocycles. The minimum absolute atomic E-state index is 0.127. The van der Waals surface area contributed by atoms with Gasteiger partial charge in [0.2, 0.25) is 0 Å². The van der Waals surface area contributed by atoms with Crippen LogP contribution in [0.2, 0.25) is 0 Å². The number of hydrogen-bond donors (Lipinski definition) is 1. The molecule has 2 N–H and O–H groups in total. The predicted octanol–water partition coefficient (Wildman–Crippen LogP) is 2.65. The fourth-order valence-corrected chi connectivity index (χ4v) is 3.58. The van der Waals surface area contributed by atoms with Gasteiger partial charge >= 0.3 is 0 Å². The minimum Gasteiger partial charge on any atom is -0.329 e. The van der Waals surface area contributed by atoms with Crippen molar-refractivity contribution in [1.82, 2.24) is 9.88 Å². The van der Waals surface area contributed by atoms with Gasteiger partial charge in [0, 0.05) is 43.2 Å². The van der Waals surface area contributed by atoms with Crippen LogP contribution in [0.3, 0.4) is 0 Å². The number of nitrogens with zero attached hydrogens (tertiary/aromatic N) is 2. The Bertz CT molecular complexity index is 611. The zero-order valence-corrected chi connectivity index (χ0v) is 12.3. The second kappa shape index (κ2) is 5.60. The first kappa shape index (κ1) is 13.7. The topological polar surface area (TPSA) is 42.1 Å². The lowest BCUT2D eigenvalue weighted by Crippen LogP contribution is -2.29. The van der Waals surface area contributed by atoms with Crippen LogP contribution in [-0.4, -0.2) is 23.0 Å². The summed E-state index contributed by atoms with van der Waals surface area (Å²) in [6.07, 6.45) is 0.922. The first-order valence-corrected chi connectivity index (χ1v) is 7.69. The Morgan fingerprint density at radius 3 is 3.05 bits per heavy atom. The zero-order valence-electron chi connectivity index (χ0n) is 11.5. The molecule has 2 heterocycles. The van der Waals surface area contributed by atoms with Gasteiger partial charge in [-0.1, -0.05) is 6.07 Å². The molecule has 1 aliphatic heterocycles. The number of aryl methyl sites for hydroxylation is 1. The van der Waals surface area contributed by atoms with E-state index < -0.39 is 0 Å². The molecular weight excluding hydrogens is 273 g/mol. The van der Waals surface area contributed by atoms with E-state index in [9.17, 15) is 4.39 Å². The summed E-state index contributed by atoms with van der Waals surface area (Å²) in [4.78, 5) is 6.81. The molecule has 3 rings (SSSR count). The average Bonchev–Trinajstić information content (AvgIpc) is 2.99. The van der Waals surface area contributed by atoms with Crippen LogP contribution in [0.1, 0.15) is 27.9 Å². The molecule has 0 radical (unpaired) electrons. The summed E-state index contributed by atoms with van der Waals surface area (Å²) < 4.78 is 13.4. The highest BCUT2D eigenvalue weighted by molar-refractivity contribution is 7.09. The number of aromatic nitrogens is 1. The summed E-state index contributed by atoms with van der Waals surface area (Å²) in [5.74, 6) is -0.181. The van der Waals surface area contributed by atoms with E-state index in [-0.39, 0.29) is 11.9 Å². The summed E-state index contributed by atoms with van der Waals surface area (Å²) >= 11 is 1.70. The van der Waals surface area contributed by atoms with Gasteiger partial charge in [-0.15, -0.1) is 11.3 Å². The molecular formula is C15H18FN3S. The molecule has 20 heavy (non-hydrogen) atoms. The smallest absolute Gasteiger partial charge is 0.123 e. The van der Waals surface area contributed by atoms with Crippen molar-refractivity contribution in [1.29, 1.82) is 0 Å². The molecule has 2 aromatic rings. The highest BCUT2D eigenvalue weighted by atomic mass is 32.1.